The van der Waals surface area contributed by atoms with E-state index in [4.69, 9.17) is 9.29 Å². The van der Waals surface area contributed by atoms with Gasteiger partial charge in [0.1, 0.15) is 0 Å². The van der Waals surface area contributed by atoms with Gasteiger partial charge in [0.05, 0.1) is 17.1 Å². The second-order valence-corrected chi connectivity index (χ2v) is 12.3. The van der Waals surface area contributed by atoms with Gasteiger partial charge in [-0.3, -0.25) is 9.35 Å². The van der Waals surface area contributed by atoms with E-state index in [2.05, 4.69) is 0 Å². The third-order valence-corrected chi connectivity index (χ3v) is 9.24. The second kappa shape index (κ2) is 6.59. The Morgan fingerprint density at radius 1 is 1.10 bits per heavy atom. The van der Waals surface area contributed by atoms with E-state index in [1.54, 1.807) is 27.7 Å². The summed E-state index contributed by atoms with van der Waals surface area (Å²) in [4.78, 5) is 13.1. The normalized spacial score (nSPS) is 37.9. The van der Waals surface area contributed by atoms with Crippen molar-refractivity contribution in [2.45, 2.75) is 89.3 Å². The van der Waals surface area contributed by atoms with Gasteiger partial charge in [-0.1, -0.05) is 0 Å². The summed E-state index contributed by atoms with van der Waals surface area (Å²) in [6, 6.07) is 0. The van der Waals surface area contributed by atoms with Crippen LogP contribution in [0.5, 0.6) is 0 Å². The number of hydrogen-bond donors (Lipinski definition) is 3. The van der Waals surface area contributed by atoms with Crippen LogP contribution in [-0.4, -0.2) is 51.7 Å². The minimum atomic E-state index is -5.76. The molecule has 4 bridgehead atoms. The van der Waals surface area contributed by atoms with Crippen molar-refractivity contribution < 1.29 is 41.5 Å². The first-order valence-corrected chi connectivity index (χ1v) is 11.7. The molecule has 4 rings (SSSR count). The zero-order chi connectivity index (χ0) is 23.1. The lowest BCUT2D eigenvalue weighted by Crippen LogP contribution is -2.69. The van der Waals surface area contributed by atoms with Crippen molar-refractivity contribution in [2.24, 2.45) is 28.6 Å². The van der Waals surface area contributed by atoms with E-state index in [0.717, 1.165) is 13.3 Å². The number of halogens is 2. The second-order valence-electron chi connectivity index (χ2n) is 10.8. The highest BCUT2D eigenvalue weighted by Crippen LogP contribution is 2.72. The predicted octanol–water partition coefficient (Wildman–Crippen LogP) is 2.75. The van der Waals surface area contributed by atoms with Gasteiger partial charge in [-0.15, -0.1) is 0 Å². The quantitative estimate of drug-likeness (QED) is 0.417. The van der Waals surface area contributed by atoms with Crippen molar-refractivity contribution in [1.82, 2.24) is 0 Å². The molecule has 0 saturated heterocycles. The molecule has 7 nitrogen and oxygen atoms in total. The molecule has 6 atom stereocenters. The summed E-state index contributed by atoms with van der Waals surface area (Å²) in [7, 11) is -5.76. The van der Waals surface area contributed by atoms with Crippen LogP contribution >= 0.6 is 0 Å². The molecule has 4 aliphatic carbocycles. The Kier molecular flexibility index (Phi) is 5.23. The van der Waals surface area contributed by atoms with Crippen LogP contribution in [0.4, 0.5) is 8.78 Å². The Balaban J connectivity index is 1.99. The van der Waals surface area contributed by atoms with Gasteiger partial charge >= 0.3 is 21.3 Å². The lowest BCUT2D eigenvalue weighted by atomic mass is 9.35. The molecule has 6 unspecified atom stereocenters. The van der Waals surface area contributed by atoms with Crippen LogP contribution in [-0.2, 0) is 19.6 Å². The van der Waals surface area contributed by atoms with Gasteiger partial charge in [0.15, 0.2) is 6.10 Å². The number of rotatable bonds is 6. The van der Waals surface area contributed by atoms with Crippen molar-refractivity contribution in [2.75, 3.05) is 0 Å². The third kappa shape index (κ3) is 3.29. The highest BCUT2D eigenvalue weighted by atomic mass is 32.2. The number of ether oxygens (including phenoxy) is 1. The molecule has 0 heterocycles. The summed E-state index contributed by atoms with van der Waals surface area (Å²) in [6.07, 6.45) is 0.353. The molecule has 30 heavy (non-hydrogen) atoms. The number of aliphatic hydroxyl groups is 2. The molecule has 4 aliphatic rings. The number of carbonyl (C=O) groups excluding carboxylic acids is 1. The molecule has 174 valence electrons. The first-order valence-electron chi connectivity index (χ1n) is 10.3. The first kappa shape index (κ1) is 23.8. The number of esters is 1. The third-order valence-electron chi connectivity index (χ3n) is 8.22. The fourth-order valence-corrected chi connectivity index (χ4v) is 7.14. The Hall–Kier alpha value is -0.840. The summed E-state index contributed by atoms with van der Waals surface area (Å²) in [5.74, 6) is -2.02. The van der Waals surface area contributed by atoms with Gasteiger partial charge in [-0.25, -0.2) is 0 Å². The van der Waals surface area contributed by atoms with E-state index in [9.17, 15) is 32.2 Å². The van der Waals surface area contributed by atoms with Gasteiger partial charge in [-0.05, 0) is 84.0 Å². The summed E-state index contributed by atoms with van der Waals surface area (Å²) in [5, 5.41) is 17.4. The lowest BCUT2D eigenvalue weighted by Gasteiger charge is -2.70. The number of alkyl halides is 2. The molecule has 0 aromatic heterocycles. The fourth-order valence-electron chi connectivity index (χ4n) is 6.67. The van der Waals surface area contributed by atoms with Crippen LogP contribution in [0.3, 0.4) is 0 Å². The maximum atomic E-state index is 14.0. The van der Waals surface area contributed by atoms with E-state index in [0.29, 0.717) is 25.7 Å². The van der Waals surface area contributed by atoms with Crippen LogP contribution < -0.4 is 0 Å². The Labute approximate surface area is 175 Å². The van der Waals surface area contributed by atoms with E-state index < -0.39 is 55.4 Å². The summed E-state index contributed by atoms with van der Waals surface area (Å²) >= 11 is 0. The zero-order valence-electron chi connectivity index (χ0n) is 18.0. The molecule has 4 fully saturated rings. The monoisotopic (exact) mass is 454 g/mol. The van der Waals surface area contributed by atoms with Crippen molar-refractivity contribution in [3.05, 3.63) is 0 Å². The smallest absolute Gasteiger partial charge is 0.405 e. The Morgan fingerprint density at radius 2 is 1.67 bits per heavy atom. The predicted molar refractivity (Wildman–Crippen MR) is 103 cm³/mol. The minimum absolute atomic E-state index is 0.177. The average molecular weight is 455 g/mol. The van der Waals surface area contributed by atoms with Crippen molar-refractivity contribution in [3.63, 3.8) is 0 Å². The minimum Gasteiger partial charge on any atom is -0.455 e. The van der Waals surface area contributed by atoms with Crippen LogP contribution in [0.15, 0.2) is 0 Å². The van der Waals surface area contributed by atoms with Crippen molar-refractivity contribution in [3.8, 4) is 0 Å². The SMILES string of the molecule is CC(OC(=O)C1C2CC3CC(C(C)(C)O)(C2)CC1(C(C)(C)O)C3)C(F)(F)S(=O)(=O)O. The first-order chi connectivity index (χ1) is 13.3. The van der Waals surface area contributed by atoms with Crippen LogP contribution in [0.25, 0.3) is 0 Å². The van der Waals surface area contributed by atoms with E-state index in [-0.39, 0.29) is 11.8 Å². The maximum absolute atomic E-state index is 14.0. The number of hydrogen-bond acceptors (Lipinski definition) is 6. The summed E-state index contributed by atoms with van der Waals surface area (Å²) < 4.78 is 63.7. The van der Waals surface area contributed by atoms with E-state index in [1.807, 2.05) is 0 Å². The van der Waals surface area contributed by atoms with Gasteiger partial charge in [0.2, 0.25) is 0 Å². The summed E-state index contributed by atoms with van der Waals surface area (Å²) in [5.41, 5.74) is -3.93. The van der Waals surface area contributed by atoms with Crippen LogP contribution in [0, 0.1) is 28.6 Å². The van der Waals surface area contributed by atoms with Gasteiger partial charge in [-0.2, -0.15) is 17.2 Å². The van der Waals surface area contributed by atoms with Gasteiger partial charge in [0, 0.05) is 5.41 Å². The molecule has 0 aromatic carbocycles. The number of carbonyl (C=O) groups is 1. The van der Waals surface area contributed by atoms with Crippen molar-refractivity contribution >= 4 is 16.1 Å². The Morgan fingerprint density at radius 3 is 2.13 bits per heavy atom. The molecular formula is C20H32F2O7S. The average Bonchev–Trinajstić information content (AvgIpc) is 2.50. The molecule has 4 saturated carbocycles. The lowest BCUT2D eigenvalue weighted by molar-refractivity contribution is -0.268. The molecule has 3 N–H and O–H groups in total. The highest BCUT2D eigenvalue weighted by Gasteiger charge is 2.71. The molecule has 0 amide bonds. The molecule has 0 aromatic rings. The molecule has 0 radical (unpaired) electrons. The van der Waals surface area contributed by atoms with Gasteiger partial charge < -0.3 is 14.9 Å². The van der Waals surface area contributed by atoms with Crippen molar-refractivity contribution in [1.29, 1.82) is 0 Å². The highest BCUT2D eigenvalue weighted by molar-refractivity contribution is 7.86. The van der Waals surface area contributed by atoms with Crippen LogP contribution in [0.1, 0.15) is 66.7 Å². The Bertz CT molecular complexity index is 829. The fraction of sp³-hybridized carbons (Fsp3) is 0.950. The van der Waals surface area contributed by atoms with Crippen LogP contribution in [0.2, 0.25) is 0 Å². The summed E-state index contributed by atoms with van der Waals surface area (Å²) in [6.45, 7) is 7.32. The molecular weight excluding hydrogens is 422 g/mol. The standard InChI is InChI=1S/C20H32F2O7S/c1-11(20(21,22)30(26,27)28)29-15(23)14-13-6-12-7-18(9-13,16(2,3)24)10-19(14,8-12)17(4,5)25/h11-14,24-25H,6-10H2,1-5H3,(H,26,27,28). The molecule has 0 spiro atoms. The van der Waals surface area contributed by atoms with E-state index >= 15 is 0 Å². The topological polar surface area (TPSA) is 121 Å². The molecule has 0 aliphatic heterocycles. The zero-order valence-corrected chi connectivity index (χ0v) is 18.8. The van der Waals surface area contributed by atoms with E-state index in [1.165, 1.54) is 0 Å². The van der Waals surface area contributed by atoms with Gasteiger partial charge in [0.25, 0.3) is 0 Å². The maximum Gasteiger partial charge on any atom is 0.405 e. The molecule has 10 heteroatoms. The largest absolute Gasteiger partial charge is 0.455 e.